The van der Waals surface area contributed by atoms with Gasteiger partial charge in [0.15, 0.2) is 0 Å². The van der Waals surface area contributed by atoms with Gasteiger partial charge in [0.2, 0.25) is 0 Å². The average Bonchev–Trinajstić information content (AvgIpc) is 2.58. The lowest BCUT2D eigenvalue weighted by atomic mass is 9.92. The highest BCUT2D eigenvalue weighted by Gasteiger charge is 2.26. The second kappa shape index (κ2) is 4.63. The third-order valence-electron chi connectivity index (χ3n) is 2.94. The summed E-state index contributed by atoms with van der Waals surface area (Å²) in [4.78, 5) is 4.65. The number of nitrogens with zero attached hydrogens (tertiary/aromatic N) is 1. The number of hydrogen-bond donors (Lipinski definition) is 1. The zero-order chi connectivity index (χ0) is 11.8. The maximum atomic E-state index is 5.94. The summed E-state index contributed by atoms with van der Waals surface area (Å²) in [6.45, 7) is 7.48. The first-order valence-electron chi connectivity index (χ1n) is 5.77. The van der Waals surface area contributed by atoms with E-state index in [1.54, 1.807) is 11.3 Å². The molecule has 4 heteroatoms. The van der Waals surface area contributed by atoms with Gasteiger partial charge in [-0.2, -0.15) is 0 Å². The van der Waals surface area contributed by atoms with Crippen molar-refractivity contribution in [3.8, 4) is 0 Å². The van der Waals surface area contributed by atoms with Crippen molar-refractivity contribution in [3.63, 3.8) is 0 Å². The van der Waals surface area contributed by atoms with Gasteiger partial charge >= 0.3 is 0 Å². The Labute approximate surface area is 106 Å². The van der Waals surface area contributed by atoms with Gasteiger partial charge in [-0.3, -0.25) is 0 Å². The second-order valence-corrected chi connectivity index (χ2v) is 7.08. The number of nitrogens with one attached hydrogen (secondary N) is 1. The van der Waals surface area contributed by atoms with Gasteiger partial charge < -0.3 is 5.32 Å². The number of aromatic nitrogens is 1. The van der Waals surface area contributed by atoms with Gasteiger partial charge in [0.05, 0.1) is 5.69 Å². The minimum atomic E-state index is 0.159. The summed E-state index contributed by atoms with van der Waals surface area (Å²) in [6, 6.07) is 0.601. The van der Waals surface area contributed by atoms with Crippen LogP contribution < -0.4 is 5.32 Å². The molecule has 2 nitrogen and oxygen atoms in total. The van der Waals surface area contributed by atoms with E-state index >= 15 is 0 Å². The molecule has 2 rings (SSSR count). The second-order valence-electron chi connectivity index (χ2n) is 5.52. The molecule has 1 saturated carbocycles. The monoisotopic (exact) mass is 258 g/mol. The molecule has 1 aliphatic rings. The average molecular weight is 259 g/mol. The van der Waals surface area contributed by atoms with Crippen LogP contribution in [0.3, 0.4) is 0 Å². The van der Waals surface area contributed by atoms with Crippen molar-refractivity contribution in [1.82, 2.24) is 10.3 Å². The van der Waals surface area contributed by atoms with E-state index in [0.717, 1.165) is 19.4 Å². The zero-order valence-electron chi connectivity index (χ0n) is 10.1. The molecule has 0 aliphatic heterocycles. The summed E-state index contributed by atoms with van der Waals surface area (Å²) in [5.41, 5.74) is 1.35. The van der Waals surface area contributed by atoms with Gasteiger partial charge in [-0.15, -0.1) is 22.9 Å². The van der Waals surface area contributed by atoms with Crippen molar-refractivity contribution in [2.75, 3.05) is 0 Å². The summed E-state index contributed by atoms with van der Waals surface area (Å²) >= 11 is 7.68. The van der Waals surface area contributed by atoms with Gasteiger partial charge in [-0.25, -0.2) is 4.98 Å². The Morgan fingerprint density at radius 1 is 1.50 bits per heavy atom. The summed E-state index contributed by atoms with van der Waals surface area (Å²) in [7, 11) is 0. The molecule has 16 heavy (non-hydrogen) atoms. The maximum absolute atomic E-state index is 5.94. The highest BCUT2D eigenvalue weighted by Crippen LogP contribution is 2.27. The smallest absolute Gasteiger partial charge is 0.107 e. The largest absolute Gasteiger partial charge is 0.308 e. The van der Waals surface area contributed by atoms with Crippen molar-refractivity contribution in [3.05, 3.63) is 16.1 Å². The van der Waals surface area contributed by atoms with Crippen LogP contribution in [0.1, 0.15) is 44.3 Å². The van der Waals surface area contributed by atoms with Crippen LogP contribution in [0.4, 0.5) is 0 Å². The fourth-order valence-electron chi connectivity index (χ4n) is 1.68. The minimum Gasteiger partial charge on any atom is -0.308 e. The molecule has 1 aliphatic carbocycles. The molecule has 0 saturated heterocycles. The number of alkyl halides is 1. The Morgan fingerprint density at radius 3 is 2.69 bits per heavy atom. The SMILES string of the molecule is CC(C)(C)c1csc(CNC2CC(Cl)C2)n1. The molecule has 1 fully saturated rings. The Kier molecular flexibility index (Phi) is 3.57. The molecule has 0 amide bonds. The summed E-state index contributed by atoms with van der Waals surface area (Å²) in [6.07, 6.45) is 2.19. The molecule has 0 spiro atoms. The Balaban J connectivity index is 1.84. The van der Waals surface area contributed by atoms with Crippen molar-refractivity contribution in [1.29, 1.82) is 0 Å². The van der Waals surface area contributed by atoms with E-state index in [1.807, 2.05) is 0 Å². The molecule has 1 heterocycles. The van der Waals surface area contributed by atoms with E-state index in [9.17, 15) is 0 Å². The summed E-state index contributed by atoms with van der Waals surface area (Å²) in [5.74, 6) is 0. The molecular weight excluding hydrogens is 240 g/mol. The number of thiazole rings is 1. The zero-order valence-corrected chi connectivity index (χ0v) is 11.7. The van der Waals surface area contributed by atoms with Crippen LogP contribution in [0.25, 0.3) is 0 Å². The van der Waals surface area contributed by atoms with Gasteiger partial charge in [0.25, 0.3) is 0 Å². The lowest BCUT2D eigenvalue weighted by Crippen LogP contribution is -2.41. The lowest BCUT2D eigenvalue weighted by Gasteiger charge is -2.31. The van der Waals surface area contributed by atoms with E-state index < -0.39 is 0 Å². The number of hydrogen-bond acceptors (Lipinski definition) is 3. The van der Waals surface area contributed by atoms with Crippen molar-refractivity contribution < 1.29 is 0 Å². The Morgan fingerprint density at radius 2 is 2.19 bits per heavy atom. The van der Waals surface area contributed by atoms with Crippen LogP contribution in [0.2, 0.25) is 0 Å². The van der Waals surface area contributed by atoms with E-state index in [-0.39, 0.29) is 5.41 Å². The van der Waals surface area contributed by atoms with Gasteiger partial charge in [-0.05, 0) is 12.8 Å². The van der Waals surface area contributed by atoms with Gasteiger partial charge in [-0.1, -0.05) is 20.8 Å². The molecule has 90 valence electrons. The normalized spacial score (nSPS) is 25.5. The highest BCUT2D eigenvalue weighted by atomic mass is 35.5. The van der Waals surface area contributed by atoms with Crippen molar-refractivity contribution >= 4 is 22.9 Å². The fourth-order valence-corrected chi connectivity index (χ4v) is 3.09. The molecule has 0 atom stereocenters. The van der Waals surface area contributed by atoms with Crippen LogP contribution in [0, 0.1) is 0 Å². The molecule has 0 radical (unpaired) electrons. The molecule has 1 N–H and O–H groups in total. The van der Waals surface area contributed by atoms with Crippen LogP contribution >= 0.6 is 22.9 Å². The number of halogens is 1. The molecule has 0 unspecified atom stereocenters. The fraction of sp³-hybridized carbons (Fsp3) is 0.750. The summed E-state index contributed by atoms with van der Waals surface area (Å²) in [5, 5.41) is 7.23. The molecule has 1 aromatic rings. The third-order valence-corrected chi connectivity index (χ3v) is 4.15. The Hall–Kier alpha value is -0.120. The quantitative estimate of drug-likeness (QED) is 0.842. The first-order valence-corrected chi connectivity index (χ1v) is 7.09. The van der Waals surface area contributed by atoms with Crippen molar-refractivity contribution in [2.45, 2.75) is 57.0 Å². The predicted molar refractivity (Wildman–Crippen MR) is 70.3 cm³/mol. The van der Waals surface area contributed by atoms with E-state index in [0.29, 0.717) is 11.4 Å². The first-order chi connectivity index (χ1) is 7.45. The predicted octanol–water partition coefficient (Wildman–Crippen LogP) is 3.30. The topological polar surface area (TPSA) is 24.9 Å². The van der Waals surface area contributed by atoms with Crippen LogP contribution in [-0.4, -0.2) is 16.4 Å². The molecule has 1 aromatic heterocycles. The maximum Gasteiger partial charge on any atom is 0.107 e. The Bertz CT molecular complexity index is 350. The van der Waals surface area contributed by atoms with E-state index in [2.05, 4.69) is 36.5 Å². The van der Waals surface area contributed by atoms with E-state index in [1.165, 1.54) is 10.7 Å². The molecule has 0 bridgehead atoms. The van der Waals surface area contributed by atoms with Crippen LogP contribution in [-0.2, 0) is 12.0 Å². The molecular formula is C12H19ClN2S. The summed E-state index contributed by atoms with van der Waals surface area (Å²) < 4.78 is 0. The first kappa shape index (κ1) is 12.3. The van der Waals surface area contributed by atoms with E-state index in [4.69, 9.17) is 11.6 Å². The van der Waals surface area contributed by atoms with Gasteiger partial charge in [0, 0.05) is 28.8 Å². The minimum absolute atomic E-state index is 0.159. The highest BCUT2D eigenvalue weighted by molar-refractivity contribution is 7.09. The molecule has 0 aromatic carbocycles. The standard InChI is InChI=1S/C12H19ClN2S/c1-12(2,3)10-7-16-11(15-10)6-14-9-4-8(13)5-9/h7-9,14H,4-6H2,1-3H3. The van der Waals surface area contributed by atoms with Crippen LogP contribution in [0.15, 0.2) is 5.38 Å². The third kappa shape index (κ3) is 2.96. The lowest BCUT2D eigenvalue weighted by molar-refractivity contribution is 0.344. The van der Waals surface area contributed by atoms with Gasteiger partial charge in [0.1, 0.15) is 5.01 Å². The number of rotatable bonds is 3. The van der Waals surface area contributed by atoms with Crippen molar-refractivity contribution in [2.24, 2.45) is 0 Å². The van der Waals surface area contributed by atoms with Crippen LogP contribution in [0.5, 0.6) is 0 Å².